The van der Waals surface area contributed by atoms with Gasteiger partial charge in [0.15, 0.2) is 0 Å². The van der Waals surface area contributed by atoms with Gasteiger partial charge in [-0.1, -0.05) is 17.7 Å². The van der Waals surface area contributed by atoms with Crippen LogP contribution in [0.2, 0.25) is 5.02 Å². The topological polar surface area (TPSA) is 54.0 Å². The maximum absolute atomic E-state index is 12.5. The van der Waals surface area contributed by atoms with Gasteiger partial charge >= 0.3 is 0 Å². The fourth-order valence-corrected chi connectivity index (χ4v) is 3.33. The largest absolute Gasteiger partial charge is 0.497 e. The molecule has 0 bridgehead atoms. The summed E-state index contributed by atoms with van der Waals surface area (Å²) >= 11 is 6.08. The van der Waals surface area contributed by atoms with Crippen molar-refractivity contribution in [3.05, 3.63) is 47.5 Å². The normalized spacial score (nSPS) is 14.7. The van der Waals surface area contributed by atoms with Crippen molar-refractivity contribution in [2.24, 2.45) is 0 Å². The highest BCUT2D eigenvalue weighted by molar-refractivity contribution is 6.30. The molecule has 0 atom stereocenters. The van der Waals surface area contributed by atoms with Gasteiger partial charge in [0.2, 0.25) is 5.91 Å². The van der Waals surface area contributed by atoms with Crippen LogP contribution in [0.4, 0.5) is 11.4 Å². The van der Waals surface area contributed by atoms with E-state index in [0.29, 0.717) is 23.7 Å². The SMILES string of the molecule is COc1ccc(OC)c(NC(=O)CN2CCN(c3cccc(Cl)c3)CC2)c1. The molecule has 0 aliphatic carbocycles. The molecule has 27 heavy (non-hydrogen) atoms. The smallest absolute Gasteiger partial charge is 0.238 e. The van der Waals surface area contributed by atoms with E-state index in [0.717, 1.165) is 36.9 Å². The van der Waals surface area contributed by atoms with Crippen molar-refractivity contribution >= 4 is 28.9 Å². The molecular weight excluding hydrogens is 366 g/mol. The van der Waals surface area contributed by atoms with E-state index in [-0.39, 0.29) is 5.91 Å². The van der Waals surface area contributed by atoms with Crippen LogP contribution in [0, 0.1) is 0 Å². The summed E-state index contributed by atoms with van der Waals surface area (Å²) in [5, 5.41) is 3.65. The maximum atomic E-state index is 12.5. The van der Waals surface area contributed by atoms with Gasteiger partial charge in [0.1, 0.15) is 11.5 Å². The molecule has 0 aromatic heterocycles. The van der Waals surface area contributed by atoms with Crippen molar-refractivity contribution in [1.29, 1.82) is 0 Å². The number of rotatable bonds is 6. The molecule has 0 radical (unpaired) electrons. The summed E-state index contributed by atoms with van der Waals surface area (Å²) in [6, 6.07) is 13.2. The zero-order chi connectivity index (χ0) is 19.2. The van der Waals surface area contributed by atoms with Crippen LogP contribution < -0.4 is 19.7 Å². The summed E-state index contributed by atoms with van der Waals surface area (Å²) in [6.45, 7) is 3.68. The number of benzene rings is 2. The van der Waals surface area contributed by atoms with Crippen LogP contribution in [0.3, 0.4) is 0 Å². The summed E-state index contributed by atoms with van der Waals surface area (Å²) in [5.41, 5.74) is 1.73. The van der Waals surface area contributed by atoms with E-state index in [4.69, 9.17) is 21.1 Å². The highest BCUT2D eigenvalue weighted by Crippen LogP contribution is 2.29. The van der Waals surface area contributed by atoms with Crippen LogP contribution in [-0.2, 0) is 4.79 Å². The third-order valence-corrected chi connectivity index (χ3v) is 4.83. The zero-order valence-electron chi connectivity index (χ0n) is 15.6. The minimum Gasteiger partial charge on any atom is -0.497 e. The predicted octanol–water partition coefficient (Wildman–Crippen LogP) is 3.12. The average molecular weight is 390 g/mol. The molecule has 0 saturated carbocycles. The number of halogens is 1. The fourth-order valence-electron chi connectivity index (χ4n) is 3.14. The average Bonchev–Trinajstić information content (AvgIpc) is 2.68. The first-order chi connectivity index (χ1) is 13.1. The molecule has 1 aliphatic rings. The van der Waals surface area contributed by atoms with Gasteiger partial charge in [-0.15, -0.1) is 0 Å². The Morgan fingerprint density at radius 2 is 1.85 bits per heavy atom. The third-order valence-electron chi connectivity index (χ3n) is 4.59. The first-order valence-electron chi connectivity index (χ1n) is 8.84. The van der Waals surface area contributed by atoms with E-state index in [1.165, 1.54) is 0 Å². The molecule has 1 heterocycles. The van der Waals surface area contributed by atoms with E-state index in [1.54, 1.807) is 32.4 Å². The molecule has 1 saturated heterocycles. The van der Waals surface area contributed by atoms with Crippen LogP contribution in [0.15, 0.2) is 42.5 Å². The Labute approximate surface area is 164 Å². The number of carbonyl (C=O) groups is 1. The molecule has 7 heteroatoms. The summed E-state index contributed by atoms with van der Waals surface area (Å²) in [4.78, 5) is 16.9. The molecule has 3 rings (SSSR count). The third kappa shape index (κ3) is 5.05. The lowest BCUT2D eigenvalue weighted by Crippen LogP contribution is -2.48. The molecule has 144 valence electrons. The fraction of sp³-hybridized carbons (Fsp3) is 0.350. The Morgan fingerprint density at radius 1 is 1.07 bits per heavy atom. The van der Waals surface area contributed by atoms with Gasteiger partial charge in [-0.2, -0.15) is 0 Å². The van der Waals surface area contributed by atoms with Crippen molar-refractivity contribution in [2.45, 2.75) is 0 Å². The Balaban J connectivity index is 1.54. The number of amides is 1. The first kappa shape index (κ1) is 19.3. The van der Waals surface area contributed by atoms with Crippen molar-refractivity contribution < 1.29 is 14.3 Å². The number of hydrogen-bond donors (Lipinski definition) is 1. The van der Waals surface area contributed by atoms with Gasteiger partial charge in [-0.25, -0.2) is 0 Å². The van der Waals surface area contributed by atoms with Crippen LogP contribution in [0.25, 0.3) is 0 Å². The van der Waals surface area contributed by atoms with Crippen molar-refractivity contribution in [3.8, 4) is 11.5 Å². The monoisotopic (exact) mass is 389 g/mol. The van der Waals surface area contributed by atoms with Gasteiger partial charge in [0, 0.05) is 43.0 Å². The lowest BCUT2D eigenvalue weighted by molar-refractivity contribution is -0.117. The van der Waals surface area contributed by atoms with Gasteiger partial charge in [0.25, 0.3) is 0 Å². The van der Waals surface area contributed by atoms with Gasteiger partial charge in [-0.05, 0) is 30.3 Å². The van der Waals surface area contributed by atoms with Gasteiger partial charge < -0.3 is 19.7 Å². The molecular formula is C20H24ClN3O3. The standard InChI is InChI=1S/C20H24ClN3O3/c1-26-17-6-7-19(27-2)18(13-17)22-20(25)14-23-8-10-24(11-9-23)16-5-3-4-15(21)12-16/h3-7,12-13H,8-11,14H2,1-2H3,(H,22,25). The van der Waals surface area contributed by atoms with E-state index in [1.807, 2.05) is 18.2 Å². The highest BCUT2D eigenvalue weighted by Gasteiger charge is 2.20. The quantitative estimate of drug-likeness (QED) is 0.822. The van der Waals surface area contributed by atoms with Crippen molar-refractivity contribution in [2.75, 3.05) is 57.2 Å². The molecule has 0 unspecified atom stereocenters. The molecule has 2 aromatic carbocycles. The minimum atomic E-state index is -0.0715. The highest BCUT2D eigenvalue weighted by atomic mass is 35.5. The molecule has 6 nitrogen and oxygen atoms in total. The van der Waals surface area contributed by atoms with Gasteiger partial charge in [-0.3, -0.25) is 9.69 Å². The molecule has 1 aliphatic heterocycles. The predicted molar refractivity (Wildman–Crippen MR) is 108 cm³/mol. The molecule has 1 fully saturated rings. The van der Waals surface area contributed by atoms with Crippen LogP contribution in [0.1, 0.15) is 0 Å². The number of piperazine rings is 1. The van der Waals surface area contributed by atoms with Crippen molar-refractivity contribution in [1.82, 2.24) is 4.90 Å². The minimum absolute atomic E-state index is 0.0715. The number of nitrogens with zero attached hydrogens (tertiary/aromatic N) is 2. The summed E-state index contributed by atoms with van der Waals surface area (Å²) in [5.74, 6) is 1.20. The number of methoxy groups -OCH3 is 2. The van der Waals surface area contributed by atoms with E-state index in [9.17, 15) is 4.79 Å². The Morgan fingerprint density at radius 3 is 2.52 bits per heavy atom. The number of ether oxygens (including phenoxy) is 2. The number of nitrogens with one attached hydrogen (secondary N) is 1. The van der Waals surface area contributed by atoms with Gasteiger partial charge in [0.05, 0.1) is 26.5 Å². The Kier molecular flexibility index (Phi) is 6.42. The Bertz CT molecular complexity index is 792. The van der Waals surface area contributed by atoms with Crippen LogP contribution in [-0.4, -0.2) is 57.8 Å². The summed E-state index contributed by atoms with van der Waals surface area (Å²) < 4.78 is 10.5. The second-order valence-corrected chi connectivity index (χ2v) is 6.79. The second kappa shape index (κ2) is 8.97. The number of carbonyl (C=O) groups excluding carboxylic acids is 1. The van der Waals surface area contributed by atoms with Crippen LogP contribution >= 0.6 is 11.6 Å². The lowest BCUT2D eigenvalue weighted by atomic mass is 10.2. The zero-order valence-corrected chi connectivity index (χ0v) is 16.3. The van der Waals surface area contributed by atoms with E-state index in [2.05, 4.69) is 21.2 Å². The number of anilines is 2. The molecule has 1 N–H and O–H groups in total. The maximum Gasteiger partial charge on any atom is 0.238 e. The Hall–Kier alpha value is -2.44. The summed E-state index contributed by atoms with van der Waals surface area (Å²) in [6.07, 6.45) is 0. The molecule has 2 aromatic rings. The van der Waals surface area contributed by atoms with E-state index >= 15 is 0 Å². The molecule has 1 amide bonds. The molecule has 0 spiro atoms. The van der Waals surface area contributed by atoms with E-state index < -0.39 is 0 Å². The van der Waals surface area contributed by atoms with Crippen molar-refractivity contribution in [3.63, 3.8) is 0 Å². The second-order valence-electron chi connectivity index (χ2n) is 6.36. The number of hydrogen-bond acceptors (Lipinski definition) is 5. The first-order valence-corrected chi connectivity index (χ1v) is 9.21. The summed E-state index contributed by atoms with van der Waals surface area (Å²) in [7, 11) is 3.17. The lowest BCUT2D eigenvalue weighted by Gasteiger charge is -2.35. The van der Waals surface area contributed by atoms with Crippen LogP contribution in [0.5, 0.6) is 11.5 Å².